The quantitative estimate of drug-likeness (QED) is 0.506. The molecule has 0 amide bonds. The van der Waals surface area contributed by atoms with Crippen LogP contribution in [0, 0.1) is 11.8 Å². The molecule has 0 aromatic heterocycles. The third-order valence-corrected chi connectivity index (χ3v) is 2.95. The van der Waals surface area contributed by atoms with Crippen LogP contribution in [0.15, 0.2) is 0 Å². The van der Waals surface area contributed by atoms with E-state index in [0.29, 0.717) is 32.1 Å². The highest BCUT2D eigenvalue weighted by Crippen LogP contribution is 2.30. The summed E-state index contributed by atoms with van der Waals surface area (Å²) in [5.74, 6) is -0.387. The minimum Gasteiger partial charge on any atom is -0.469 e. The third-order valence-electron chi connectivity index (χ3n) is 2.95. The molecule has 15 heavy (non-hydrogen) atoms. The van der Waals surface area contributed by atoms with E-state index in [1.165, 1.54) is 7.11 Å². The Kier molecular flexibility index (Phi) is 4.46. The summed E-state index contributed by atoms with van der Waals surface area (Å²) in [6.07, 6.45) is 3.61. The maximum atomic E-state index is 11.4. The average Bonchev–Trinajstić information content (AvgIpc) is 2.60. The van der Waals surface area contributed by atoms with E-state index in [-0.39, 0.29) is 23.6 Å². The van der Waals surface area contributed by atoms with Crippen LogP contribution < -0.4 is 0 Å². The Labute approximate surface area is 89.0 Å². The van der Waals surface area contributed by atoms with Crippen molar-refractivity contribution in [2.45, 2.75) is 32.1 Å². The number of Topliss-reactive ketones (excluding diaryl/α,β-unsaturated/α-hetero) is 1. The van der Waals surface area contributed by atoms with Crippen LogP contribution in [0.1, 0.15) is 32.1 Å². The highest BCUT2D eigenvalue weighted by atomic mass is 16.5. The first-order valence-electron chi connectivity index (χ1n) is 5.24. The fourth-order valence-corrected chi connectivity index (χ4v) is 2.04. The summed E-state index contributed by atoms with van der Waals surface area (Å²) < 4.78 is 4.50. The lowest BCUT2D eigenvalue weighted by Crippen LogP contribution is -2.16. The maximum Gasteiger partial charge on any atom is 0.305 e. The van der Waals surface area contributed by atoms with Crippen LogP contribution in [0.25, 0.3) is 0 Å². The second-order valence-electron chi connectivity index (χ2n) is 3.88. The topological polar surface area (TPSA) is 60.4 Å². The molecule has 1 rings (SSSR count). The smallest absolute Gasteiger partial charge is 0.305 e. The summed E-state index contributed by atoms with van der Waals surface area (Å²) in [4.78, 5) is 32.9. The Morgan fingerprint density at radius 1 is 1.60 bits per heavy atom. The van der Waals surface area contributed by atoms with Gasteiger partial charge in [0.1, 0.15) is 12.1 Å². The maximum absolute atomic E-state index is 11.4. The van der Waals surface area contributed by atoms with Crippen molar-refractivity contribution in [3.63, 3.8) is 0 Å². The fraction of sp³-hybridized carbons (Fsp3) is 0.727. The third kappa shape index (κ3) is 3.15. The van der Waals surface area contributed by atoms with E-state index in [1.54, 1.807) is 0 Å². The molecule has 0 N–H and O–H groups in total. The molecule has 0 aromatic rings. The number of carbonyl (C=O) groups excluding carboxylic acids is 3. The number of ether oxygens (including phenoxy) is 1. The predicted octanol–water partition coefficient (Wildman–Crippen LogP) is 1.12. The van der Waals surface area contributed by atoms with Gasteiger partial charge < -0.3 is 9.53 Å². The molecule has 1 aliphatic rings. The van der Waals surface area contributed by atoms with Crippen LogP contribution in [-0.2, 0) is 19.1 Å². The van der Waals surface area contributed by atoms with E-state index >= 15 is 0 Å². The van der Waals surface area contributed by atoms with Crippen molar-refractivity contribution in [3.05, 3.63) is 0 Å². The van der Waals surface area contributed by atoms with Crippen LogP contribution in [0.4, 0.5) is 0 Å². The lowest BCUT2D eigenvalue weighted by molar-refractivity contribution is -0.141. The largest absolute Gasteiger partial charge is 0.469 e. The van der Waals surface area contributed by atoms with Crippen molar-refractivity contribution in [2.75, 3.05) is 7.11 Å². The van der Waals surface area contributed by atoms with Gasteiger partial charge in [0.25, 0.3) is 0 Å². The molecule has 1 saturated carbocycles. The molecule has 0 heterocycles. The van der Waals surface area contributed by atoms with Crippen molar-refractivity contribution >= 4 is 18.0 Å². The molecule has 0 spiro atoms. The summed E-state index contributed by atoms with van der Waals surface area (Å²) >= 11 is 0. The summed E-state index contributed by atoms with van der Waals surface area (Å²) in [6, 6.07) is 0. The molecule has 4 nitrogen and oxygen atoms in total. The monoisotopic (exact) mass is 212 g/mol. The molecule has 0 bridgehead atoms. The fourth-order valence-electron chi connectivity index (χ4n) is 2.04. The minimum atomic E-state index is -0.261. The van der Waals surface area contributed by atoms with Gasteiger partial charge in [0.2, 0.25) is 0 Å². The van der Waals surface area contributed by atoms with E-state index < -0.39 is 0 Å². The molecule has 1 aliphatic carbocycles. The molecule has 84 valence electrons. The lowest BCUT2D eigenvalue weighted by atomic mass is 9.91. The Bertz CT molecular complexity index is 259. The van der Waals surface area contributed by atoms with Crippen LogP contribution in [-0.4, -0.2) is 25.1 Å². The SMILES string of the molecule is COC(=O)CCCC1C(=O)CCC1C=O. The van der Waals surface area contributed by atoms with Crippen LogP contribution >= 0.6 is 0 Å². The number of carbonyl (C=O) groups is 3. The van der Waals surface area contributed by atoms with Gasteiger partial charge in [-0.2, -0.15) is 0 Å². The van der Waals surface area contributed by atoms with Gasteiger partial charge >= 0.3 is 5.97 Å². The lowest BCUT2D eigenvalue weighted by Gasteiger charge is -2.11. The van der Waals surface area contributed by atoms with Gasteiger partial charge in [-0.25, -0.2) is 0 Å². The Hall–Kier alpha value is -1.19. The zero-order valence-corrected chi connectivity index (χ0v) is 8.90. The summed E-state index contributed by atoms with van der Waals surface area (Å²) in [5, 5.41) is 0. The van der Waals surface area contributed by atoms with E-state index in [1.807, 2.05) is 0 Å². The van der Waals surface area contributed by atoms with Crippen LogP contribution in [0.5, 0.6) is 0 Å². The van der Waals surface area contributed by atoms with E-state index in [4.69, 9.17) is 0 Å². The van der Waals surface area contributed by atoms with Gasteiger partial charge in [0.05, 0.1) is 7.11 Å². The highest BCUT2D eigenvalue weighted by Gasteiger charge is 2.33. The van der Waals surface area contributed by atoms with E-state index in [0.717, 1.165) is 6.29 Å². The molecule has 1 fully saturated rings. The summed E-state index contributed by atoms with van der Waals surface area (Å²) in [6.45, 7) is 0. The van der Waals surface area contributed by atoms with Gasteiger partial charge in [-0.05, 0) is 19.3 Å². The number of hydrogen-bond acceptors (Lipinski definition) is 4. The average molecular weight is 212 g/mol. The zero-order valence-electron chi connectivity index (χ0n) is 8.90. The Morgan fingerprint density at radius 2 is 2.33 bits per heavy atom. The van der Waals surface area contributed by atoms with Gasteiger partial charge in [0, 0.05) is 24.7 Å². The molecule has 2 atom stereocenters. The Morgan fingerprint density at radius 3 is 2.93 bits per heavy atom. The standard InChI is InChI=1S/C11H16O4/c1-15-11(14)4-2-3-9-8(7-12)5-6-10(9)13/h7-9H,2-6H2,1H3. The van der Waals surface area contributed by atoms with Gasteiger partial charge in [-0.1, -0.05) is 0 Å². The first-order chi connectivity index (χ1) is 7.19. The van der Waals surface area contributed by atoms with E-state index in [2.05, 4.69) is 4.74 Å². The van der Waals surface area contributed by atoms with Gasteiger partial charge in [-0.15, -0.1) is 0 Å². The number of rotatable bonds is 5. The van der Waals surface area contributed by atoms with Crippen molar-refractivity contribution in [3.8, 4) is 0 Å². The Balaban J connectivity index is 2.33. The molecule has 0 aromatic carbocycles. The molecule has 0 saturated heterocycles. The van der Waals surface area contributed by atoms with Crippen molar-refractivity contribution in [1.82, 2.24) is 0 Å². The second kappa shape index (κ2) is 5.63. The van der Waals surface area contributed by atoms with Crippen molar-refractivity contribution in [1.29, 1.82) is 0 Å². The van der Waals surface area contributed by atoms with Crippen LogP contribution in [0.3, 0.4) is 0 Å². The van der Waals surface area contributed by atoms with E-state index in [9.17, 15) is 14.4 Å². The van der Waals surface area contributed by atoms with Gasteiger partial charge in [-0.3, -0.25) is 9.59 Å². The molecular weight excluding hydrogens is 196 g/mol. The molecule has 0 radical (unpaired) electrons. The number of aldehydes is 1. The molecule has 2 unspecified atom stereocenters. The highest BCUT2D eigenvalue weighted by molar-refractivity contribution is 5.87. The first-order valence-corrected chi connectivity index (χ1v) is 5.24. The summed E-state index contributed by atoms with van der Waals surface area (Å²) in [7, 11) is 1.34. The molecular formula is C11H16O4. The zero-order chi connectivity index (χ0) is 11.3. The molecule has 4 heteroatoms. The second-order valence-corrected chi connectivity index (χ2v) is 3.88. The predicted molar refractivity (Wildman–Crippen MR) is 53.2 cm³/mol. The van der Waals surface area contributed by atoms with Crippen molar-refractivity contribution in [2.24, 2.45) is 11.8 Å². The minimum absolute atomic E-state index is 0.129. The number of methoxy groups -OCH3 is 1. The molecule has 0 aliphatic heterocycles. The first kappa shape index (κ1) is 11.9. The van der Waals surface area contributed by atoms with Crippen molar-refractivity contribution < 1.29 is 19.1 Å². The van der Waals surface area contributed by atoms with Crippen LogP contribution in [0.2, 0.25) is 0 Å². The number of ketones is 1. The number of esters is 1. The summed E-state index contributed by atoms with van der Waals surface area (Å²) in [5.41, 5.74) is 0. The normalized spacial score (nSPS) is 25.3. The number of hydrogen-bond donors (Lipinski definition) is 0. The van der Waals surface area contributed by atoms with Gasteiger partial charge in [0.15, 0.2) is 0 Å².